The molecule has 0 atom stereocenters. The van der Waals surface area contributed by atoms with Gasteiger partial charge in [0, 0.05) is 18.7 Å². The van der Waals surface area contributed by atoms with Crippen molar-refractivity contribution < 1.29 is 18.9 Å². The Hall–Kier alpha value is -1.62. The lowest BCUT2D eigenvalue weighted by Gasteiger charge is -2.15. The van der Waals surface area contributed by atoms with Crippen LogP contribution >= 0.6 is 0 Å². The van der Waals surface area contributed by atoms with E-state index in [9.17, 15) is 0 Å². The summed E-state index contributed by atoms with van der Waals surface area (Å²) >= 11 is 0. The van der Waals surface area contributed by atoms with Crippen LogP contribution in [0, 0.1) is 0 Å². The molecule has 0 N–H and O–H groups in total. The Morgan fingerprint density at radius 1 is 0.944 bits per heavy atom. The van der Waals surface area contributed by atoms with Crippen molar-refractivity contribution in [3.8, 4) is 23.0 Å². The third kappa shape index (κ3) is 3.70. The van der Waals surface area contributed by atoms with Crippen LogP contribution in [0.3, 0.4) is 0 Å². The lowest BCUT2D eigenvalue weighted by molar-refractivity contribution is 0.257. The van der Waals surface area contributed by atoms with Crippen molar-refractivity contribution in [2.24, 2.45) is 0 Å². The quantitative estimate of drug-likeness (QED) is 0.741. The predicted octanol–water partition coefficient (Wildman–Crippen LogP) is 1.65. The van der Waals surface area contributed by atoms with Crippen molar-refractivity contribution in [1.29, 1.82) is 0 Å². The molecule has 1 aromatic carbocycles. The molecule has 0 aliphatic heterocycles. The largest absolute Gasteiger partial charge is 0.493 e. The summed E-state index contributed by atoms with van der Waals surface area (Å²) in [5.74, 6) is 2.46. The summed E-state index contributed by atoms with van der Waals surface area (Å²) in [6.07, 6.45) is 0. The zero-order valence-corrected chi connectivity index (χ0v) is 11.6. The first-order chi connectivity index (χ1) is 8.62. The fourth-order valence-electron chi connectivity index (χ4n) is 1.49. The third-order valence-corrected chi connectivity index (χ3v) is 2.45. The van der Waals surface area contributed by atoms with Gasteiger partial charge >= 0.3 is 0 Å². The Balaban J connectivity index is 2.86. The molecule has 5 nitrogen and oxygen atoms in total. The van der Waals surface area contributed by atoms with Crippen LogP contribution in [0.15, 0.2) is 12.1 Å². The van der Waals surface area contributed by atoms with Crippen LogP contribution in [-0.2, 0) is 0 Å². The van der Waals surface area contributed by atoms with E-state index >= 15 is 0 Å². The van der Waals surface area contributed by atoms with E-state index in [4.69, 9.17) is 18.9 Å². The van der Waals surface area contributed by atoms with E-state index in [-0.39, 0.29) is 0 Å². The van der Waals surface area contributed by atoms with Crippen molar-refractivity contribution in [3.05, 3.63) is 12.1 Å². The molecule has 18 heavy (non-hydrogen) atoms. The standard InChI is InChI=1S/C13H21NO4/c1-14(2)6-7-18-10-8-11(15-3)13(17-5)12(9-10)16-4/h8-9H,6-7H2,1-5H3. The Morgan fingerprint density at radius 2 is 1.50 bits per heavy atom. The summed E-state index contributed by atoms with van der Waals surface area (Å²) in [7, 11) is 8.74. The number of rotatable bonds is 7. The molecule has 5 heteroatoms. The zero-order valence-electron chi connectivity index (χ0n) is 11.6. The van der Waals surface area contributed by atoms with E-state index in [1.165, 1.54) is 0 Å². The van der Waals surface area contributed by atoms with Gasteiger partial charge in [-0.3, -0.25) is 0 Å². The van der Waals surface area contributed by atoms with Crippen molar-refractivity contribution >= 4 is 0 Å². The van der Waals surface area contributed by atoms with Crippen LogP contribution in [0.2, 0.25) is 0 Å². The van der Waals surface area contributed by atoms with E-state index < -0.39 is 0 Å². The van der Waals surface area contributed by atoms with E-state index in [1.54, 1.807) is 33.5 Å². The predicted molar refractivity (Wildman–Crippen MR) is 70.1 cm³/mol. The molecule has 1 aromatic rings. The molecule has 1 rings (SSSR count). The van der Waals surface area contributed by atoms with Gasteiger partial charge in [-0.2, -0.15) is 0 Å². The second kappa shape index (κ2) is 6.96. The molecule has 0 aromatic heterocycles. The number of likely N-dealkylation sites (N-methyl/N-ethyl adjacent to an activating group) is 1. The highest BCUT2D eigenvalue weighted by Gasteiger charge is 2.13. The Bertz CT molecular complexity index is 354. The van der Waals surface area contributed by atoms with Crippen LogP contribution in [0.5, 0.6) is 23.0 Å². The summed E-state index contributed by atoms with van der Waals surface area (Å²) in [6, 6.07) is 3.58. The minimum atomic E-state index is 0.569. The first kappa shape index (κ1) is 14.4. The summed E-state index contributed by atoms with van der Waals surface area (Å²) < 4.78 is 21.4. The number of hydrogen-bond donors (Lipinski definition) is 0. The van der Waals surface area contributed by atoms with Crippen LogP contribution in [0.25, 0.3) is 0 Å². The molecule has 0 amide bonds. The van der Waals surface area contributed by atoms with Crippen LogP contribution in [-0.4, -0.2) is 53.5 Å². The normalized spacial score (nSPS) is 10.3. The highest BCUT2D eigenvalue weighted by Crippen LogP contribution is 2.40. The van der Waals surface area contributed by atoms with Gasteiger partial charge in [-0.05, 0) is 14.1 Å². The minimum absolute atomic E-state index is 0.569. The number of methoxy groups -OCH3 is 3. The summed E-state index contributed by atoms with van der Waals surface area (Å²) in [6.45, 7) is 1.45. The molecule has 0 aliphatic carbocycles. The summed E-state index contributed by atoms with van der Waals surface area (Å²) in [4.78, 5) is 2.05. The molecule has 0 heterocycles. The fraction of sp³-hybridized carbons (Fsp3) is 0.538. The number of nitrogens with zero attached hydrogens (tertiary/aromatic N) is 1. The van der Waals surface area contributed by atoms with Gasteiger partial charge in [0.2, 0.25) is 5.75 Å². The molecule has 0 aliphatic rings. The van der Waals surface area contributed by atoms with E-state index in [2.05, 4.69) is 4.90 Å². The van der Waals surface area contributed by atoms with Gasteiger partial charge in [-0.1, -0.05) is 0 Å². The SMILES string of the molecule is COc1cc(OCCN(C)C)cc(OC)c1OC. The van der Waals surface area contributed by atoms with E-state index in [0.29, 0.717) is 29.6 Å². The Morgan fingerprint density at radius 3 is 1.89 bits per heavy atom. The number of hydrogen-bond acceptors (Lipinski definition) is 5. The van der Waals surface area contributed by atoms with Crippen molar-refractivity contribution in [3.63, 3.8) is 0 Å². The average molecular weight is 255 g/mol. The minimum Gasteiger partial charge on any atom is -0.493 e. The molecule has 0 saturated heterocycles. The van der Waals surface area contributed by atoms with E-state index in [0.717, 1.165) is 6.54 Å². The maximum absolute atomic E-state index is 5.64. The van der Waals surface area contributed by atoms with Gasteiger partial charge in [0.15, 0.2) is 11.5 Å². The smallest absolute Gasteiger partial charge is 0.203 e. The first-order valence-corrected chi connectivity index (χ1v) is 5.70. The molecule has 102 valence electrons. The molecule has 0 spiro atoms. The van der Waals surface area contributed by atoms with Gasteiger partial charge in [-0.25, -0.2) is 0 Å². The molecule has 0 saturated carbocycles. The van der Waals surface area contributed by atoms with Crippen LogP contribution in [0.1, 0.15) is 0 Å². The number of ether oxygens (including phenoxy) is 4. The van der Waals surface area contributed by atoms with Crippen molar-refractivity contribution in [1.82, 2.24) is 4.90 Å². The average Bonchev–Trinajstić information content (AvgIpc) is 2.36. The fourth-order valence-corrected chi connectivity index (χ4v) is 1.49. The van der Waals surface area contributed by atoms with Gasteiger partial charge in [-0.15, -0.1) is 0 Å². The summed E-state index contributed by atoms with van der Waals surface area (Å²) in [5.41, 5.74) is 0. The molecular formula is C13H21NO4. The van der Waals surface area contributed by atoms with Gasteiger partial charge in [0.1, 0.15) is 12.4 Å². The van der Waals surface area contributed by atoms with Gasteiger partial charge < -0.3 is 23.8 Å². The second-order valence-electron chi connectivity index (χ2n) is 4.01. The van der Waals surface area contributed by atoms with Crippen molar-refractivity contribution in [2.75, 3.05) is 48.6 Å². The lowest BCUT2D eigenvalue weighted by Crippen LogP contribution is -2.19. The first-order valence-electron chi connectivity index (χ1n) is 5.70. The second-order valence-corrected chi connectivity index (χ2v) is 4.01. The third-order valence-electron chi connectivity index (χ3n) is 2.45. The number of benzene rings is 1. The topological polar surface area (TPSA) is 40.2 Å². The highest BCUT2D eigenvalue weighted by molar-refractivity contribution is 5.55. The molecule has 0 fully saturated rings. The Labute approximate surface area is 108 Å². The van der Waals surface area contributed by atoms with Gasteiger partial charge in [0.25, 0.3) is 0 Å². The van der Waals surface area contributed by atoms with Gasteiger partial charge in [0.05, 0.1) is 21.3 Å². The van der Waals surface area contributed by atoms with Crippen molar-refractivity contribution in [2.45, 2.75) is 0 Å². The molecule has 0 unspecified atom stereocenters. The monoisotopic (exact) mass is 255 g/mol. The maximum Gasteiger partial charge on any atom is 0.203 e. The molecule has 0 radical (unpaired) electrons. The highest BCUT2D eigenvalue weighted by atomic mass is 16.5. The Kier molecular flexibility index (Phi) is 5.58. The lowest BCUT2D eigenvalue weighted by atomic mass is 10.2. The zero-order chi connectivity index (χ0) is 13.5. The van der Waals surface area contributed by atoms with Crippen LogP contribution in [0.4, 0.5) is 0 Å². The maximum atomic E-state index is 5.64. The molecular weight excluding hydrogens is 234 g/mol. The van der Waals surface area contributed by atoms with E-state index in [1.807, 2.05) is 14.1 Å². The summed E-state index contributed by atoms with van der Waals surface area (Å²) in [5, 5.41) is 0. The van der Waals surface area contributed by atoms with Crippen LogP contribution < -0.4 is 18.9 Å². The molecule has 0 bridgehead atoms.